The smallest absolute Gasteiger partial charge is 0.253 e. The van der Waals surface area contributed by atoms with E-state index in [4.69, 9.17) is 9.26 Å². The number of aromatic nitrogens is 2. The molecule has 2 heterocycles. The standard InChI is InChI=1S/C22H23N3O3/c1-2-27-19-10-8-18(9-11-19)22(26)25-14-12-17(13-15-25)21-23-20(24-28-21)16-6-4-3-5-7-16/h3-11,17H,2,12-15H2,1H3. The lowest BCUT2D eigenvalue weighted by Crippen LogP contribution is -2.38. The molecule has 6 heteroatoms. The lowest BCUT2D eigenvalue weighted by atomic mass is 9.96. The van der Waals surface area contributed by atoms with Crippen LogP contribution in [0.1, 0.15) is 41.9 Å². The van der Waals surface area contributed by atoms with Crippen LogP contribution in [-0.4, -0.2) is 40.6 Å². The van der Waals surface area contributed by atoms with Gasteiger partial charge in [-0.25, -0.2) is 0 Å². The van der Waals surface area contributed by atoms with Gasteiger partial charge >= 0.3 is 0 Å². The fourth-order valence-electron chi connectivity index (χ4n) is 3.48. The molecule has 0 saturated carbocycles. The second-order valence-electron chi connectivity index (χ2n) is 6.85. The Balaban J connectivity index is 1.37. The Hall–Kier alpha value is -3.15. The minimum absolute atomic E-state index is 0.0528. The molecule has 3 aromatic rings. The third-order valence-electron chi connectivity index (χ3n) is 5.02. The van der Waals surface area contributed by atoms with Crippen molar-refractivity contribution >= 4 is 5.91 Å². The van der Waals surface area contributed by atoms with E-state index in [0.29, 0.717) is 37.0 Å². The molecule has 0 bridgehead atoms. The number of hydrogen-bond acceptors (Lipinski definition) is 5. The number of ether oxygens (including phenoxy) is 1. The van der Waals surface area contributed by atoms with Crippen molar-refractivity contribution in [2.24, 2.45) is 0 Å². The van der Waals surface area contributed by atoms with Gasteiger partial charge in [-0.1, -0.05) is 35.5 Å². The number of benzene rings is 2. The summed E-state index contributed by atoms with van der Waals surface area (Å²) >= 11 is 0. The van der Waals surface area contributed by atoms with Gasteiger partial charge in [0.1, 0.15) is 5.75 Å². The van der Waals surface area contributed by atoms with Gasteiger partial charge in [0, 0.05) is 30.1 Å². The summed E-state index contributed by atoms with van der Waals surface area (Å²) in [5.41, 5.74) is 1.63. The maximum atomic E-state index is 12.7. The highest BCUT2D eigenvalue weighted by molar-refractivity contribution is 5.94. The molecule has 0 N–H and O–H groups in total. The molecule has 0 unspecified atom stereocenters. The van der Waals surface area contributed by atoms with Gasteiger partial charge in [-0.05, 0) is 44.0 Å². The van der Waals surface area contributed by atoms with Crippen LogP contribution >= 0.6 is 0 Å². The summed E-state index contributed by atoms with van der Waals surface area (Å²) < 4.78 is 10.9. The quantitative estimate of drug-likeness (QED) is 0.668. The van der Waals surface area contributed by atoms with Crippen molar-refractivity contribution in [1.29, 1.82) is 0 Å². The molecule has 144 valence electrons. The molecule has 1 fully saturated rings. The van der Waals surface area contributed by atoms with E-state index in [1.54, 1.807) is 0 Å². The number of rotatable bonds is 5. The molecule has 1 saturated heterocycles. The second-order valence-corrected chi connectivity index (χ2v) is 6.85. The Bertz CT molecular complexity index is 914. The molecule has 0 radical (unpaired) electrons. The highest BCUT2D eigenvalue weighted by Crippen LogP contribution is 2.29. The number of carbonyl (C=O) groups excluding carboxylic acids is 1. The molecule has 4 rings (SSSR count). The predicted octanol–water partition coefficient (Wildman–Crippen LogP) is 4.16. The van der Waals surface area contributed by atoms with Crippen LogP contribution in [0.5, 0.6) is 5.75 Å². The summed E-state index contributed by atoms with van der Waals surface area (Å²) in [4.78, 5) is 19.2. The Morgan fingerprint density at radius 1 is 1.11 bits per heavy atom. The number of amides is 1. The van der Waals surface area contributed by atoms with E-state index < -0.39 is 0 Å². The van der Waals surface area contributed by atoms with Gasteiger partial charge in [-0.3, -0.25) is 4.79 Å². The Labute approximate surface area is 164 Å². The van der Waals surface area contributed by atoms with Gasteiger partial charge in [0.05, 0.1) is 6.61 Å². The van der Waals surface area contributed by atoms with Crippen LogP contribution in [0, 0.1) is 0 Å². The van der Waals surface area contributed by atoms with E-state index in [-0.39, 0.29) is 11.8 Å². The van der Waals surface area contributed by atoms with E-state index in [0.717, 1.165) is 24.2 Å². The van der Waals surface area contributed by atoms with E-state index in [2.05, 4.69) is 10.1 Å². The molecule has 6 nitrogen and oxygen atoms in total. The van der Waals surface area contributed by atoms with E-state index in [1.807, 2.05) is 66.4 Å². The second kappa shape index (κ2) is 8.25. The number of piperidine rings is 1. The van der Waals surface area contributed by atoms with Crippen molar-refractivity contribution in [3.8, 4) is 17.1 Å². The molecule has 1 aliphatic rings. The summed E-state index contributed by atoms with van der Waals surface area (Å²) in [6.45, 7) is 3.91. The first kappa shape index (κ1) is 18.2. The highest BCUT2D eigenvalue weighted by Gasteiger charge is 2.28. The molecule has 0 aliphatic carbocycles. The zero-order valence-corrected chi connectivity index (χ0v) is 15.9. The molecule has 0 spiro atoms. The Morgan fingerprint density at radius 3 is 2.50 bits per heavy atom. The first-order valence-electron chi connectivity index (χ1n) is 9.65. The number of carbonyl (C=O) groups is 1. The average Bonchev–Trinajstić information content (AvgIpc) is 3.25. The minimum atomic E-state index is 0.0528. The van der Waals surface area contributed by atoms with Crippen molar-refractivity contribution in [3.05, 3.63) is 66.1 Å². The summed E-state index contributed by atoms with van der Waals surface area (Å²) in [5.74, 6) is 2.30. The summed E-state index contributed by atoms with van der Waals surface area (Å²) in [7, 11) is 0. The average molecular weight is 377 g/mol. The SMILES string of the molecule is CCOc1ccc(C(=O)N2CCC(c3nc(-c4ccccc4)no3)CC2)cc1. The number of nitrogens with zero attached hydrogens (tertiary/aromatic N) is 3. The molecule has 1 aliphatic heterocycles. The van der Waals surface area contributed by atoms with E-state index >= 15 is 0 Å². The Kier molecular flexibility index (Phi) is 5.37. The first-order chi connectivity index (χ1) is 13.7. The molecule has 28 heavy (non-hydrogen) atoms. The maximum absolute atomic E-state index is 12.7. The molecule has 2 aromatic carbocycles. The third kappa shape index (κ3) is 3.91. The lowest BCUT2D eigenvalue weighted by Gasteiger charge is -2.30. The zero-order chi connectivity index (χ0) is 19.3. The first-order valence-corrected chi connectivity index (χ1v) is 9.65. The molecular formula is C22H23N3O3. The number of hydrogen-bond donors (Lipinski definition) is 0. The van der Waals surface area contributed by atoms with Crippen molar-refractivity contribution in [1.82, 2.24) is 15.0 Å². The van der Waals surface area contributed by atoms with Crippen LogP contribution in [0.25, 0.3) is 11.4 Å². The molecule has 0 atom stereocenters. The largest absolute Gasteiger partial charge is 0.494 e. The van der Waals surface area contributed by atoms with Crippen molar-refractivity contribution < 1.29 is 14.1 Å². The minimum Gasteiger partial charge on any atom is -0.494 e. The van der Waals surface area contributed by atoms with Crippen molar-refractivity contribution in [2.75, 3.05) is 19.7 Å². The van der Waals surface area contributed by atoms with Gasteiger partial charge in [-0.2, -0.15) is 4.98 Å². The van der Waals surface area contributed by atoms with Crippen molar-refractivity contribution in [3.63, 3.8) is 0 Å². The van der Waals surface area contributed by atoms with E-state index in [1.165, 1.54) is 0 Å². The van der Waals surface area contributed by atoms with Crippen LogP contribution in [0.2, 0.25) is 0 Å². The number of likely N-dealkylation sites (tertiary alicyclic amines) is 1. The van der Waals surface area contributed by atoms with Crippen LogP contribution in [-0.2, 0) is 0 Å². The van der Waals surface area contributed by atoms with Gasteiger partial charge in [0.2, 0.25) is 11.7 Å². The van der Waals surface area contributed by atoms with Crippen LogP contribution in [0.15, 0.2) is 59.1 Å². The molecule has 1 aromatic heterocycles. The lowest BCUT2D eigenvalue weighted by molar-refractivity contribution is 0.0704. The monoisotopic (exact) mass is 377 g/mol. The van der Waals surface area contributed by atoms with Crippen molar-refractivity contribution in [2.45, 2.75) is 25.7 Å². The summed E-state index contributed by atoms with van der Waals surface area (Å²) in [6, 6.07) is 17.1. The third-order valence-corrected chi connectivity index (χ3v) is 5.02. The fourth-order valence-corrected chi connectivity index (χ4v) is 3.48. The molecular weight excluding hydrogens is 354 g/mol. The van der Waals surface area contributed by atoms with Gasteiger partial charge < -0.3 is 14.2 Å². The fraction of sp³-hybridized carbons (Fsp3) is 0.318. The summed E-state index contributed by atoms with van der Waals surface area (Å²) in [6.07, 6.45) is 1.64. The van der Waals surface area contributed by atoms with Crippen LogP contribution in [0.4, 0.5) is 0 Å². The normalized spacial score (nSPS) is 14.8. The van der Waals surface area contributed by atoms with Crippen LogP contribution < -0.4 is 4.74 Å². The Morgan fingerprint density at radius 2 is 1.82 bits per heavy atom. The molecule has 1 amide bonds. The van der Waals surface area contributed by atoms with E-state index in [9.17, 15) is 4.79 Å². The van der Waals surface area contributed by atoms with Gasteiger partial charge in [0.25, 0.3) is 5.91 Å². The highest BCUT2D eigenvalue weighted by atomic mass is 16.5. The van der Waals surface area contributed by atoms with Gasteiger partial charge in [0.15, 0.2) is 0 Å². The van der Waals surface area contributed by atoms with Crippen LogP contribution in [0.3, 0.4) is 0 Å². The maximum Gasteiger partial charge on any atom is 0.253 e. The predicted molar refractivity (Wildman–Crippen MR) is 105 cm³/mol. The topological polar surface area (TPSA) is 68.5 Å². The zero-order valence-electron chi connectivity index (χ0n) is 15.9. The van der Waals surface area contributed by atoms with Gasteiger partial charge in [-0.15, -0.1) is 0 Å². The summed E-state index contributed by atoms with van der Waals surface area (Å²) in [5, 5.41) is 4.11.